The van der Waals surface area contributed by atoms with Crippen molar-refractivity contribution in [1.82, 2.24) is 41.8 Å². The summed E-state index contributed by atoms with van der Waals surface area (Å²) in [6.07, 6.45) is 0.654. The number of unbranched alkanes of at least 4 members (excludes halogenated alkanes) is 1. The normalized spacial score (nSPS) is 20.9. The smallest absolute Gasteiger partial charge is 0.245 e. The molecule has 9 atom stereocenters. The molecule has 440 valence electrons. The van der Waals surface area contributed by atoms with Gasteiger partial charge in [0, 0.05) is 59.9 Å². The molecule has 1 aromatic heterocycles. The van der Waals surface area contributed by atoms with Gasteiger partial charge in [-0.2, -0.15) is 0 Å². The Hall–Kier alpha value is -7.67. The third-order valence-electron chi connectivity index (χ3n) is 14.3. The summed E-state index contributed by atoms with van der Waals surface area (Å²) in [5, 5.41) is 40.7. The Labute approximate surface area is 493 Å². The van der Waals surface area contributed by atoms with Crippen molar-refractivity contribution in [2.75, 3.05) is 25.1 Å². The molecule has 21 nitrogen and oxygen atoms in total. The number of aromatic hydroxyl groups is 1. The number of nitrogens with zero attached hydrogens (tertiary/aromatic N) is 1. The maximum absolute atomic E-state index is 15.2. The molecule has 1 fully saturated rings. The molecule has 8 amide bonds. The van der Waals surface area contributed by atoms with Crippen LogP contribution in [0.3, 0.4) is 0 Å². The van der Waals surface area contributed by atoms with Crippen molar-refractivity contribution >= 4 is 102 Å². The van der Waals surface area contributed by atoms with E-state index in [2.05, 4.69) is 36.9 Å². The van der Waals surface area contributed by atoms with Crippen molar-refractivity contribution in [2.24, 2.45) is 17.2 Å². The van der Waals surface area contributed by atoms with Gasteiger partial charge in [0.15, 0.2) is 0 Å². The fraction of sp³-hybridized carbons (Fsp3) is 0.356. The van der Waals surface area contributed by atoms with Crippen LogP contribution >= 0.6 is 33.2 Å². The third kappa shape index (κ3) is 17.7. The summed E-state index contributed by atoms with van der Waals surface area (Å²) >= 11 is 6.11. The molecule has 0 saturated carbocycles. The molecule has 0 aliphatic carbocycles. The number of phenols is 1. The number of hydrogen-bond donors (Lipinski definition) is 12. The topological polar surface area (TPSA) is 346 Å². The second-order valence-electron chi connectivity index (χ2n) is 20.5. The van der Waals surface area contributed by atoms with Gasteiger partial charge >= 0.3 is 0 Å². The number of para-hydroxylation sites is 1. The highest BCUT2D eigenvalue weighted by Gasteiger charge is 2.39. The van der Waals surface area contributed by atoms with Gasteiger partial charge in [0.1, 0.15) is 48.0 Å². The highest BCUT2D eigenvalue weighted by atomic mass is 35.5. The summed E-state index contributed by atoms with van der Waals surface area (Å²) in [6, 6.07) is 21.8. The number of aliphatic hydroxyl groups is 1. The first-order chi connectivity index (χ1) is 39.8. The molecule has 15 N–H and O–H groups in total. The number of phenolic OH excluding ortho intramolecular Hbond substituents is 1. The van der Waals surface area contributed by atoms with E-state index in [4.69, 9.17) is 28.8 Å². The Morgan fingerprint density at radius 2 is 1.41 bits per heavy atom. The van der Waals surface area contributed by atoms with Gasteiger partial charge in [-0.05, 0) is 103 Å². The van der Waals surface area contributed by atoms with E-state index in [-0.39, 0.29) is 55.9 Å². The lowest BCUT2D eigenvalue weighted by Crippen LogP contribution is -2.62. The maximum atomic E-state index is 15.2. The summed E-state index contributed by atoms with van der Waals surface area (Å²) in [6.45, 7) is 1.51. The summed E-state index contributed by atoms with van der Waals surface area (Å²) in [5.74, 6) is -7.26. The summed E-state index contributed by atoms with van der Waals surface area (Å²) in [5.41, 5.74) is 21.4. The number of H-pyrrole nitrogens is 1. The SMILES string of the molecule is C[C@@H](O)[C@@H]1NC(=O)[C@H](CCCCN)N(C)C(=O)C(Cc2c[nH]c3ccccc23)NC(=O)[C@H](Cc2ccc(O)cc2)NC(=O)C(NC(=O)[C@@H](N)Cc2ccc(Cl)cc2)CSSCC(C(=O)N[C@@H](Cc2ccc3ccccc3c2)C(N)=O)NC1=O. The van der Waals surface area contributed by atoms with Gasteiger partial charge in [-0.1, -0.05) is 118 Å². The molecule has 0 spiro atoms. The number of halogens is 1. The molecule has 0 bridgehead atoms. The number of nitrogens with two attached hydrogens (primary N) is 3. The highest BCUT2D eigenvalue weighted by molar-refractivity contribution is 8.76. The number of aromatic amines is 1. The zero-order valence-electron chi connectivity index (χ0n) is 45.8. The van der Waals surface area contributed by atoms with Crippen molar-refractivity contribution in [3.63, 3.8) is 0 Å². The van der Waals surface area contributed by atoms with Gasteiger partial charge in [0.25, 0.3) is 0 Å². The van der Waals surface area contributed by atoms with Crippen molar-refractivity contribution in [3.05, 3.63) is 149 Å². The number of benzene rings is 5. The van der Waals surface area contributed by atoms with E-state index in [0.717, 1.165) is 48.2 Å². The van der Waals surface area contributed by atoms with Crippen LogP contribution in [0.5, 0.6) is 5.75 Å². The Morgan fingerprint density at radius 1 is 0.747 bits per heavy atom. The van der Waals surface area contributed by atoms with Crippen LogP contribution in [0.4, 0.5) is 0 Å². The van der Waals surface area contributed by atoms with Crippen molar-refractivity contribution in [3.8, 4) is 5.75 Å². The van der Waals surface area contributed by atoms with E-state index < -0.39 is 102 Å². The molecule has 83 heavy (non-hydrogen) atoms. The molecule has 0 radical (unpaired) electrons. The number of fused-ring (bicyclic) bond motifs is 2. The number of nitrogens with one attached hydrogen (secondary N) is 7. The fourth-order valence-electron chi connectivity index (χ4n) is 9.58. The van der Waals surface area contributed by atoms with Gasteiger partial charge in [-0.15, -0.1) is 0 Å². The molecule has 1 aliphatic heterocycles. The minimum atomic E-state index is -1.71. The first kappa shape index (κ1) is 62.9. The number of aromatic nitrogens is 1. The molecule has 24 heteroatoms. The van der Waals surface area contributed by atoms with Crippen molar-refractivity contribution < 1.29 is 48.6 Å². The quantitative estimate of drug-likeness (QED) is 0.0435. The van der Waals surface area contributed by atoms with E-state index >= 15 is 4.79 Å². The van der Waals surface area contributed by atoms with Gasteiger partial charge in [-0.3, -0.25) is 38.4 Å². The second kappa shape index (κ2) is 30.0. The lowest BCUT2D eigenvalue weighted by Gasteiger charge is -2.33. The number of primary amides is 1. The lowest BCUT2D eigenvalue weighted by atomic mass is 9.99. The Morgan fingerprint density at radius 3 is 2.12 bits per heavy atom. The van der Waals surface area contributed by atoms with Crippen LogP contribution in [0.25, 0.3) is 21.7 Å². The highest BCUT2D eigenvalue weighted by Crippen LogP contribution is 2.26. The second-order valence-corrected chi connectivity index (χ2v) is 23.5. The minimum absolute atomic E-state index is 0.0216. The molecule has 5 aromatic carbocycles. The molecular weight excluding hydrogens is 1120 g/mol. The Kier molecular flexibility index (Phi) is 22.8. The van der Waals surface area contributed by atoms with Crippen LogP contribution < -0.4 is 49.1 Å². The van der Waals surface area contributed by atoms with Crippen LogP contribution in [0.1, 0.15) is 48.4 Å². The van der Waals surface area contributed by atoms with E-state index in [0.29, 0.717) is 40.1 Å². The predicted octanol–water partition coefficient (Wildman–Crippen LogP) is 2.40. The zero-order valence-corrected chi connectivity index (χ0v) is 48.2. The van der Waals surface area contributed by atoms with E-state index in [9.17, 15) is 43.8 Å². The first-order valence-corrected chi connectivity index (χ1v) is 30.0. The standard InChI is InChI=1S/C59H70ClN11O10S2/c1-33(72)51-58(80)69-49(55(77)65-45(52(63)74)28-36-14-19-37-9-3-4-10-38(37)25-36)32-83-82-31-48(68-53(75)43(62)26-34-15-20-40(60)21-16-34)56(78)66-46(27-35-17-22-41(73)23-18-35)54(76)67-47(29-39-30-64-44-12-6-5-11-42(39)44)59(81)71(2)50(57(79)70-51)13-7-8-24-61/h3-6,9-12,14-23,25,30,33,43,45-51,64,72-73H,7-8,13,24,26-29,31-32,61-62H2,1-2H3,(H2,63,74)(H,65,77)(H,66,78)(H,67,76)(H,68,75)(H,69,80)(H,70,79)/t33-,43+,45+,46+,47?,48?,49?,50+,51+/m1/s1. The summed E-state index contributed by atoms with van der Waals surface area (Å²) < 4.78 is 0. The first-order valence-electron chi connectivity index (χ1n) is 27.1. The van der Waals surface area contributed by atoms with E-state index in [1.165, 1.54) is 26.1 Å². The fourth-order valence-corrected chi connectivity index (χ4v) is 12.0. The largest absolute Gasteiger partial charge is 0.508 e. The molecule has 3 unspecified atom stereocenters. The van der Waals surface area contributed by atoms with Crippen LogP contribution in [-0.4, -0.2) is 147 Å². The molecule has 6 aromatic rings. The average molecular weight is 1190 g/mol. The summed E-state index contributed by atoms with van der Waals surface area (Å²) in [7, 11) is 3.38. The Balaban J connectivity index is 1.27. The summed E-state index contributed by atoms with van der Waals surface area (Å²) in [4.78, 5) is 120. The number of hydrogen-bond acceptors (Lipinski definition) is 14. The molecule has 1 saturated heterocycles. The van der Waals surface area contributed by atoms with Crippen LogP contribution in [0.2, 0.25) is 5.02 Å². The maximum Gasteiger partial charge on any atom is 0.245 e. The van der Waals surface area contributed by atoms with Crippen LogP contribution in [0.15, 0.2) is 121 Å². The van der Waals surface area contributed by atoms with Gasteiger partial charge in [0.2, 0.25) is 47.3 Å². The molecule has 2 heterocycles. The monoisotopic (exact) mass is 1190 g/mol. The predicted molar refractivity (Wildman–Crippen MR) is 321 cm³/mol. The van der Waals surface area contributed by atoms with E-state index in [1.54, 1.807) is 48.7 Å². The average Bonchev–Trinajstić information content (AvgIpc) is 4.18. The van der Waals surface area contributed by atoms with Gasteiger partial charge in [0.05, 0.1) is 12.1 Å². The van der Waals surface area contributed by atoms with E-state index in [1.807, 2.05) is 60.7 Å². The van der Waals surface area contributed by atoms with Crippen LogP contribution in [0, 0.1) is 0 Å². The van der Waals surface area contributed by atoms with Gasteiger partial charge < -0.3 is 69.2 Å². The third-order valence-corrected chi connectivity index (χ3v) is 16.9. The molecule has 1 aliphatic rings. The number of carbonyl (C=O) groups is 8. The molecular formula is C59H70ClN11O10S2. The van der Waals surface area contributed by atoms with Crippen LogP contribution in [-0.2, 0) is 64.0 Å². The number of likely N-dealkylation sites (N-methyl/N-ethyl adjacent to an activating group) is 1. The van der Waals surface area contributed by atoms with Crippen molar-refractivity contribution in [1.29, 1.82) is 0 Å². The zero-order chi connectivity index (χ0) is 59.7. The molecule has 7 rings (SSSR count). The minimum Gasteiger partial charge on any atom is -0.508 e. The number of rotatable bonds is 18. The number of amides is 8. The number of carbonyl (C=O) groups excluding carboxylic acids is 8. The Bertz CT molecular complexity index is 3260. The van der Waals surface area contributed by atoms with Gasteiger partial charge in [-0.25, -0.2) is 0 Å². The number of aliphatic hydroxyl groups excluding tert-OH is 1. The van der Waals surface area contributed by atoms with Crippen molar-refractivity contribution in [2.45, 2.75) is 106 Å². The lowest BCUT2D eigenvalue weighted by molar-refractivity contribution is -0.143.